The minimum absolute atomic E-state index is 0.130. The molecule has 2 rings (SSSR count). The van der Waals surface area contributed by atoms with Gasteiger partial charge in [-0.2, -0.15) is 5.10 Å². The van der Waals surface area contributed by atoms with Crippen LogP contribution in [0.5, 0.6) is 5.75 Å². The summed E-state index contributed by atoms with van der Waals surface area (Å²) in [6.07, 6.45) is 2.60. The first-order chi connectivity index (χ1) is 10.5. The fourth-order valence-corrected chi connectivity index (χ4v) is 2.09. The van der Waals surface area contributed by atoms with E-state index in [1.807, 2.05) is 32.9 Å². The molecule has 0 saturated carbocycles. The van der Waals surface area contributed by atoms with Crippen LogP contribution in [-0.4, -0.2) is 21.7 Å². The number of rotatable bonds is 6. The number of nitrogens with zero attached hydrogens (tertiary/aromatic N) is 2. The fourth-order valence-electron chi connectivity index (χ4n) is 1.86. The van der Waals surface area contributed by atoms with Crippen LogP contribution in [-0.2, 0) is 6.73 Å². The fraction of sp³-hybridized carbons (Fsp3) is 0.375. The lowest BCUT2D eigenvalue weighted by Gasteiger charge is -2.10. The Kier molecular flexibility index (Phi) is 5.44. The third-order valence-electron chi connectivity index (χ3n) is 3.35. The second kappa shape index (κ2) is 7.31. The summed E-state index contributed by atoms with van der Waals surface area (Å²) in [5.74, 6) is 0.571. The molecule has 22 heavy (non-hydrogen) atoms. The number of aromatic nitrogens is 2. The second-order valence-corrected chi connectivity index (χ2v) is 5.64. The minimum Gasteiger partial charge on any atom is -0.471 e. The van der Waals surface area contributed by atoms with Gasteiger partial charge in [0.2, 0.25) is 0 Å². The van der Waals surface area contributed by atoms with E-state index in [1.165, 1.54) is 0 Å². The molecule has 0 saturated heterocycles. The predicted octanol–water partition coefficient (Wildman–Crippen LogP) is 3.41. The molecule has 0 aliphatic heterocycles. The Morgan fingerprint density at radius 1 is 1.45 bits per heavy atom. The molecule has 1 amide bonds. The maximum Gasteiger partial charge on any atom is 0.271 e. The number of hydrogen-bond donors (Lipinski definition) is 1. The molecule has 1 N–H and O–H groups in total. The van der Waals surface area contributed by atoms with E-state index in [2.05, 4.69) is 10.4 Å². The number of hydrogen-bond acceptors (Lipinski definition) is 3. The third-order valence-corrected chi connectivity index (χ3v) is 3.59. The largest absolute Gasteiger partial charge is 0.471 e. The lowest BCUT2D eigenvalue weighted by molar-refractivity contribution is 0.0932. The van der Waals surface area contributed by atoms with Gasteiger partial charge in [0.05, 0.1) is 0 Å². The average molecular weight is 322 g/mol. The Balaban J connectivity index is 1.96. The van der Waals surface area contributed by atoms with Crippen LogP contribution in [0, 0.1) is 6.92 Å². The van der Waals surface area contributed by atoms with Gasteiger partial charge in [0.15, 0.2) is 6.73 Å². The SMILES string of the molecule is CCC(C)NC(=O)c1ccn(COc2ccc(Cl)cc2C)n1. The summed E-state index contributed by atoms with van der Waals surface area (Å²) in [7, 11) is 0. The van der Waals surface area contributed by atoms with Crippen molar-refractivity contribution in [2.45, 2.75) is 40.0 Å². The zero-order valence-electron chi connectivity index (χ0n) is 13.0. The van der Waals surface area contributed by atoms with Crippen LogP contribution in [0.25, 0.3) is 0 Å². The van der Waals surface area contributed by atoms with Crippen LogP contribution in [0.1, 0.15) is 36.3 Å². The number of aryl methyl sites for hydroxylation is 1. The molecule has 118 valence electrons. The number of amides is 1. The van der Waals surface area contributed by atoms with Crippen LogP contribution in [0.3, 0.4) is 0 Å². The van der Waals surface area contributed by atoms with Crippen LogP contribution in [0.15, 0.2) is 30.5 Å². The number of carbonyl (C=O) groups is 1. The van der Waals surface area contributed by atoms with Crippen LogP contribution >= 0.6 is 11.6 Å². The first kappa shape index (κ1) is 16.4. The molecule has 0 fully saturated rings. The summed E-state index contributed by atoms with van der Waals surface area (Å²) in [6.45, 7) is 6.14. The molecule has 1 heterocycles. The van der Waals surface area contributed by atoms with Crippen molar-refractivity contribution in [3.8, 4) is 5.75 Å². The molecule has 0 radical (unpaired) electrons. The van der Waals surface area contributed by atoms with Crippen molar-refractivity contribution in [3.63, 3.8) is 0 Å². The van der Waals surface area contributed by atoms with E-state index in [0.29, 0.717) is 10.7 Å². The molecule has 1 aromatic carbocycles. The predicted molar refractivity (Wildman–Crippen MR) is 86.3 cm³/mol. The molecule has 5 nitrogen and oxygen atoms in total. The zero-order chi connectivity index (χ0) is 16.1. The van der Waals surface area contributed by atoms with Crippen molar-refractivity contribution >= 4 is 17.5 Å². The molecular weight excluding hydrogens is 302 g/mol. The van der Waals surface area contributed by atoms with Gasteiger partial charge in [-0.3, -0.25) is 4.79 Å². The quantitative estimate of drug-likeness (QED) is 0.887. The van der Waals surface area contributed by atoms with E-state index in [1.54, 1.807) is 23.0 Å². The molecule has 1 unspecified atom stereocenters. The van der Waals surface area contributed by atoms with E-state index < -0.39 is 0 Å². The van der Waals surface area contributed by atoms with Crippen LogP contribution in [0.2, 0.25) is 5.02 Å². The molecule has 0 aliphatic rings. The molecule has 2 aromatic rings. The topological polar surface area (TPSA) is 56.2 Å². The summed E-state index contributed by atoms with van der Waals surface area (Å²) in [6, 6.07) is 7.24. The Morgan fingerprint density at radius 3 is 2.91 bits per heavy atom. The van der Waals surface area contributed by atoms with Crippen molar-refractivity contribution in [1.82, 2.24) is 15.1 Å². The van der Waals surface area contributed by atoms with E-state index in [-0.39, 0.29) is 18.7 Å². The van der Waals surface area contributed by atoms with Gasteiger partial charge in [0.1, 0.15) is 11.4 Å². The number of benzene rings is 1. The lowest BCUT2D eigenvalue weighted by Crippen LogP contribution is -2.32. The van der Waals surface area contributed by atoms with Gasteiger partial charge in [-0.15, -0.1) is 0 Å². The van der Waals surface area contributed by atoms with Gasteiger partial charge >= 0.3 is 0 Å². The number of nitrogens with one attached hydrogen (secondary N) is 1. The molecule has 0 aliphatic carbocycles. The number of halogens is 1. The second-order valence-electron chi connectivity index (χ2n) is 5.21. The highest BCUT2D eigenvalue weighted by atomic mass is 35.5. The summed E-state index contributed by atoms with van der Waals surface area (Å²) in [5, 5.41) is 7.77. The Bertz CT molecular complexity index is 655. The van der Waals surface area contributed by atoms with Gasteiger partial charge < -0.3 is 10.1 Å². The smallest absolute Gasteiger partial charge is 0.271 e. The molecule has 0 spiro atoms. The van der Waals surface area contributed by atoms with E-state index in [4.69, 9.17) is 16.3 Å². The minimum atomic E-state index is -0.171. The normalized spacial score (nSPS) is 12.0. The Morgan fingerprint density at radius 2 is 2.23 bits per heavy atom. The summed E-state index contributed by atoms with van der Waals surface area (Å²) >= 11 is 5.91. The standard InChI is InChI=1S/C16H20ClN3O2/c1-4-12(3)18-16(21)14-7-8-20(19-14)10-22-15-6-5-13(17)9-11(15)2/h5-9,12H,4,10H2,1-3H3,(H,18,21). The van der Waals surface area contributed by atoms with Crippen molar-refractivity contribution in [2.24, 2.45) is 0 Å². The van der Waals surface area contributed by atoms with Crippen molar-refractivity contribution in [2.75, 3.05) is 0 Å². The molecule has 1 atom stereocenters. The van der Waals surface area contributed by atoms with Crippen LogP contribution < -0.4 is 10.1 Å². The highest BCUT2D eigenvalue weighted by molar-refractivity contribution is 6.30. The van der Waals surface area contributed by atoms with E-state index in [9.17, 15) is 4.79 Å². The van der Waals surface area contributed by atoms with Gasteiger partial charge in [-0.05, 0) is 50.1 Å². The summed E-state index contributed by atoms with van der Waals surface area (Å²) < 4.78 is 7.27. The van der Waals surface area contributed by atoms with Gasteiger partial charge in [0.25, 0.3) is 5.91 Å². The molecule has 0 bridgehead atoms. The van der Waals surface area contributed by atoms with Gasteiger partial charge in [0, 0.05) is 17.3 Å². The van der Waals surface area contributed by atoms with E-state index >= 15 is 0 Å². The van der Waals surface area contributed by atoms with Crippen LogP contribution in [0.4, 0.5) is 0 Å². The van der Waals surface area contributed by atoms with Gasteiger partial charge in [-0.1, -0.05) is 18.5 Å². The lowest BCUT2D eigenvalue weighted by atomic mass is 10.2. The van der Waals surface area contributed by atoms with Crippen molar-refractivity contribution < 1.29 is 9.53 Å². The Labute approximate surface area is 135 Å². The summed E-state index contributed by atoms with van der Waals surface area (Å²) in [4.78, 5) is 12.0. The average Bonchev–Trinajstić information content (AvgIpc) is 2.95. The van der Waals surface area contributed by atoms with Crippen molar-refractivity contribution in [1.29, 1.82) is 0 Å². The summed E-state index contributed by atoms with van der Waals surface area (Å²) in [5.41, 5.74) is 1.34. The van der Waals surface area contributed by atoms with Gasteiger partial charge in [-0.25, -0.2) is 4.68 Å². The maximum atomic E-state index is 12.0. The monoisotopic (exact) mass is 321 g/mol. The molecular formula is C16H20ClN3O2. The highest BCUT2D eigenvalue weighted by Gasteiger charge is 2.11. The van der Waals surface area contributed by atoms with Crippen molar-refractivity contribution in [3.05, 3.63) is 46.7 Å². The number of ether oxygens (including phenoxy) is 1. The Hall–Kier alpha value is -2.01. The zero-order valence-corrected chi connectivity index (χ0v) is 13.7. The van der Waals surface area contributed by atoms with E-state index in [0.717, 1.165) is 17.7 Å². The molecule has 1 aromatic heterocycles. The molecule has 6 heteroatoms. The number of carbonyl (C=O) groups excluding carboxylic acids is 1. The third kappa shape index (κ3) is 4.24. The first-order valence-corrected chi connectivity index (χ1v) is 7.60. The highest BCUT2D eigenvalue weighted by Crippen LogP contribution is 2.21. The maximum absolute atomic E-state index is 12.0. The first-order valence-electron chi connectivity index (χ1n) is 7.23.